The SMILES string of the molecule is O=C(c1cc(Cl)c2c(c1)OCO2)N1CCN(S(=O)(=O)N2CCCCCC2)CC1. The van der Waals surface area contributed by atoms with E-state index in [9.17, 15) is 13.2 Å². The topological polar surface area (TPSA) is 79.4 Å². The van der Waals surface area contributed by atoms with Crippen molar-refractivity contribution in [1.29, 1.82) is 0 Å². The lowest BCUT2D eigenvalue weighted by Crippen LogP contribution is -2.54. The van der Waals surface area contributed by atoms with Crippen LogP contribution < -0.4 is 9.47 Å². The smallest absolute Gasteiger partial charge is 0.282 e. The van der Waals surface area contributed by atoms with Gasteiger partial charge in [-0.1, -0.05) is 24.4 Å². The summed E-state index contributed by atoms with van der Waals surface area (Å²) in [5, 5.41) is 0.334. The monoisotopic (exact) mass is 429 g/mol. The average Bonchev–Trinajstić information content (AvgIpc) is 3.00. The summed E-state index contributed by atoms with van der Waals surface area (Å²) in [6.45, 7) is 2.52. The van der Waals surface area contributed by atoms with E-state index in [4.69, 9.17) is 21.1 Å². The van der Waals surface area contributed by atoms with Crippen LogP contribution in [0, 0.1) is 0 Å². The van der Waals surface area contributed by atoms with Crippen LogP contribution in [0.2, 0.25) is 5.02 Å². The summed E-state index contributed by atoms with van der Waals surface area (Å²) in [4.78, 5) is 14.5. The van der Waals surface area contributed by atoms with Crippen molar-refractivity contribution >= 4 is 27.7 Å². The highest BCUT2D eigenvalue weighted by Gasteiger charge is 2.34. The second-order valence-corrected chi connectivity index (χ2v) is 9.54. The van der Waals surface area contributed by atoms with Gasteiger partial charge in [0.25, 0.3) is 16.1 Å². The second kappa shape index (κ2) is 8.06. The number of rotatable bonds is 3. The van der Waals surface area contributed by atoms with Gasteiger partial charge < -0.3 is 14.4 Å². The Bertz CT molecular complexity index is 847. The Morgan fingerprint density at radius 2 is 1.54 bits per heavy atom. The fourth-order valence-electron chi connectivity index (χ4n) is 3.83. The number of piperazine rings is 1. The van der Waals surface area contributed by atoms with Gasteiger partial charge in [0.05, 0.1) is 5.02 Å². The van der Waals surface area contributed by atoms with E-state index in [2.05, 4.69) is 0 Å². The van der Waals surface area contributed by atoms with E-state index >= 15 is 0 Å². The molecule has 1 aromatic carbocycles. The predicted octanol–water partition coefficient (Wildman–Crippen LogP) is 1.95. The van der Waals surface area contributed by atoms with Gasteiger partial charge in [0.15, 0.2) is 11.5 Å². The molecule has 4 rings (SSSR count). The highest BCUT2D eigenvalue weighted by Crippen LogP contribution is 2.40. The Morgan fingerprint density at radius 3 is 2.21 bits per heavy atom. The number of carbonyl (C=O) groups is 1. The molecule has 154 valence electrons. The molecule has 28 heavy (non-hydrogen) atoms. The first-order valence-corrected chi connectivity index (χ1v) is 11.4. The van der Waals surface area contributed by atoms with Crippen molar-refractivity contribution in [3.05, 3.63) is 22.7 Å². The highest BCUT2D eigenvalue weighted by atomic mass is 35.5. The van der Waals surface area contributed by atoms with Crippen molar-refractivity contribution in [2.45, 2.75) is 25.7 Å². The van der Waals surface area contributed by atoms with Crippen LogP contribution in [0.25, 0.3) is 0 Å². The van der Waals surface area contributed by atoms with E-state index in [1.165, 1.54) is 4.31 Å². The number of hydrogen-bond donors (Lipinski definition) is 0. The van der Waals surface area contributed by atoms with Crippen LogP contribution in [0.15, 0.2) is 12.1 Å². The van der Waals surface area contributed by atoms with Crippen molar-refractivity contribution in [3.63, 3.8) is 0 Å². The van der Waals surface area contributed by atoms with Gasteiger partial charge >= 0.3 is 0 Å². The lowest BCUT2D eigenvalue weighted by Gasteiger charge is -2.36. The van der Waals surface area contributed by atoms with Crippen molar-refractivity contribution < 1.29 is 22.7 Å². The summed E-state index contributed by atoms with van der Waals surface area (Å²) >= 11 is 6.17. The van der Waals surface area contributed by atoms with Crippen LogP contribution in [0.3, 0.4) is 0 Å². The molecule has 1 aromatic rings. The Balaban J connectivity index is 1.41. The maximum absolute atomic E-state index is 12.9. The minimum Gasteiger partial charge on any atom is -0.454 e. The van der Waals surface area contributed by atoms with Gasteiger partial charge in [-0.25, -0.2) is 0 Å². The number of fused-ring (bicyclic) bond motifs is 1. The third kappa shape index (κ3) is 3.80. The number of benzene rings is 1. The molecule has 0 N–H and O–H groups in total. The standard InChI is InChI=1S/C18H24ClN3O5S/c19-15-11-14(12-16-17(15)27-13-26-16)18(23)20-7-9-22(10-8-20)28(24,25)21-5-3-1-2-4-6-21/h11-12H,1-10,13H2. The minimum absolute atomic E-state index is 0.0831. The van der Waals surface area contributed by atoms with Crippen LogP contribution in [-0.2, 0) is 10.2 Å². The third-order valence-corrected chi connectivity index (χ3v) is 7.73. The van der Waals surface area contributed by atoms with Crippen LogP contribution >= 0.6 is 11.6 Å². The van der Waals surface area contributed by atoms with Gasteiger partial charge in [-0.3, -0.25) is 4.79 Å². The predicted molar refractivity (Wildman–Crippen MR) is 104 cm³/mol. The summed E-state index contributed by atoms with van der Waals surface area (Å²) in [5.41, 5.74) is 0.415. The molecular weight excluding hydrogens is 406 g/mol. The van der Waals surface area contributed by atoms with Gasteiger partial charge in [0, 0.05) is 44.8 Å². The van der Waals surface area contributed by atoms with Crippen LogP contribution in [0.4, 0.5) is 0 Å². The van der Waals surface area contributed by atoms with Crippen LogP contribution in [0.5, 0.6) is 11.5 Å². The van der Waals surface area contributed by atoms with Crippen molar-refractivity contribution in [1.82, 2.24) is 13.5 Å². The zero-order valence-electron chi connectivity index (χ0n) is 15.6. The largest absolute Gasteiger partial charge is 0.454 e. The minimum atomic E-state index is -3.47. The van der Waals surface area contributed by atoms with E-state index in [0.717, 1.165) is 25.7 Å². The molecule has 0 aliphatic carbocycles. The molecule has 3 aliphatic heterocycles. The molecule has 0 radical (unpaired) electrons. The van der Waals surface area contributed by atoms with Crippen LogP contribution in [-0.4, -0.2) is 73.9 Å². The summed E-state index contributed by atoms with van der Waals surface area (Å²) < 4.78 is 39.5. The maximum Gasteiger partial charge on any atom is 0.282 e. The van der Waals surface area contributed by atoms with Crippen LogP contribution in [0.1, 0.15) is 36.0 Å². The van der Waals surface area contributed by atoms with Crippen molar-refractivity contribution in [2.75, 3.05) is 46.1 Å². The van der Waals surface area contributed by atoms with Gasteiger partial charge in [0.1, 0.15) is 0 Å². The normalized spacial score (nSPS) is 21.5. The van der Waals surface area contributed by atoms with E-state index in [1.54, 1.807) is 21.3 Å². The number of hydrogen-bond acceptors (Lipinski definition) is 5. The molecular formula is C18H24ClN3O5S. The zero-order valence-corrected chi connectivity index (χ0v) is 17.2. The number of halogens is 1. The molecule has 1 amide bonds. The lowest BCUT2D eigenvalue weighted by atomic mass is 10.1. The number of nitrogens with zero attached hydrogens (tertiary/aromatic N) is 3. The van der Waals surface area contributed by atoms with Gasteiger partial charge in [-0.05, 0) is 25.0 Å². The summed E-state index contributed by atoms with van der Waals surface area (Å²) in [5.74, 6) is 0.719. The molecule has 0 spiro atoms. The van der Waals surface area contributed by atoms with Gasteiger partial charge in [-0.15, -0.1) is 0 Å². The van der Waals surface area contributed by atoms with E-state index in [0.29, 0.717) is 61.4 Å². The fourth-order valence-corrected chi connectivity index (χ4v) is 5.77. The zero-order chi connectivity index (χ0) is 19.7. The summed E-state index contributed by atoms with van der Waals surface area (Å²) in [6, 6.07) is 3.19. The Kier molecular flexibility index (Phi) is 5.69. The molecule has 0 bridgehead atoms. The third-order valence-electron chi connectivity index (χ3n) is 5.42. The fraction of sp³-hybridized carbons (Fsp3) is 0.611. The lowest BCUT2D eigenvalue weighted by molar-refractivity contribution is 0.0693. The number of ether oxygens (including phenoxy) is 2. The first kappa shape index (κ1) is 19.8. The Hall–Kier alpha value is -1.55. The molecule has 3 aliphatic rings. The molecule has 2 fully saturated rings. The second-order valence-electron chi connectivity index (χ2n) is 7.20. The first-order valence-electron chi connectivity index (χ1n) is 9.60. The Morgan fingerprint density at radius 1 is 0.893 bits per heavy atom. The molecule has 3 heterocycles. The molecule has 0 atom stereocenters. The molecule has 10 heteroatoms. The van der Waals surface area contributed by atoms with E-state index in [-0.39, 0.29) is 12.7 Å². The quantitative estimate of drug-likeness (QED) is 0.733. The van der Waals surface area contributed by atoms with Gasteiger partial charge in [-0.2, -0.15) is 17.0 Å². The average molecular weight is 430 g/mol. The number of carbonyl (C=O) groups excluding carboxylic acids is 1. The summed E-state index contributed by atoms with van der Waals surface area (Å²) in [6.07, 6.45) is 3.96. The van der Waals surface area contributed by atoms with E-state index in [1.807, 2.05) is 0 Å². The van der Waals surface area contributed by atoms with Gasteiger partial charge in [0.2, 0.25) is 6.79 Å². The summed E-state index contributed by atoms with van der Waals surface area (Å²) in [7, 11) is -3.47. The Labute approximate surface area is 170 Å². The first-order chi connectivity index (χ1) is 13.5. The highest BCUT2D eigenvalue weighted by molar-refractivity contribution is 7.86. The van der Waals surface area contributed by atoms with E-state index < -0.39 is 10.2 Å². The van der Waals surface area contributed by atoms with Crippen molar-refractivity contribution in [3.8, 4) is 11.5 Å². The molecule has 0 aromatic heterocycles. The molecule has 8 nitrogen and oxygen atoms in total. The maximum atomic E-state index is 12.9. The van der Waals surface area contributed by atoms with Crippen molar-refractivity contribution in [2.24, 2.45) is 0 Å². The number of amides is 1. The molecule has 0 saturated carbocycles. The molecule has 2 saturated heterocycles. The molecule has 0 unspecified atom stereocenters.